The maximum absolute atomic E-state index is 6.03. The molecule has 0 aliphatic carbocycles. The first-order valence-corrected chi connectivity index (χ1v) is 7.55. The van der Waals surface area contributed by atoms with Crippen molar-refractivity contribution in [2.24, 2.45) is 0 Å². The summed E-state index contributed by atoms with van der Waals surface area (Å²) < 4.78 is 6.03. The van der Waals surface area contributed by atoms with Crippen molar-refractivity contribution in [3.05, 3.63) is 65.5 Å². The Morgan fingerprint density at radius 3 is 2.52 bits per heavy atom. The fourth-order valence-electron chi connectivity index (χ4n) is 2.55. The summed E-state index contributed by atoms with van der Waals surface area (Å²) in [5.74, 6) is 0.867. The average Bonchev–Trinajstić information content (AvgIpc) is 3.09. The van der Waals surface area contributed by atoms with Crippen LogP contribution in [0.4, 0.5) is 5.69 Å². The molecule has 3 aromatic rings. The zero-order valence-electron chi connectivity index (χ0n) is 13.6. The van der Waals surface area contributed by atoms with Crippen LogP contribution in [0.3, 0.4) is 0 Å². The topological polar surface area (TPSA) is 52.0 Å². The van der Waals surface area contributed by atoms with E-state index in [1.54, 1.807) is 17.2 Å². The summed E-state index contributed by atoms with van der Waals surface area (Å²) in [5.41, 5.74) is 5.46. The Kier molecular flexibility index (Phi) is 4.28. The maximum Gasteiger partial charge on any atom is 0.122 e. The van der Waals surface area contributed by atoms with E-state index in [9.17, 15) is 0 Å². The van der Waals surface area contributed by atoms with E-state index in [1.807, 2.05) is 38.2 Å². The lowest BCUT2D eigenvalue weighted by atomic mass is 10.1. The van der Waals surface area contributed by atoms with Crippen molar-refractivity contribution in [1.82, 2.24) is 15.0 Å². The van der Waals surface area contributed by atoms with Crippen LogP contribution in [0.1, 0.15) is 16.7 Å². The molecule has 1 N–H and O–H groups in total. The van der Waals surface area contributed by atoms with Gasteiger partial charge in [-0.25, -0.2) is 0 Å². The van der Waals surface area contributed by atoms with Crippen molar-refractivity contribution in [1.29, 1.82) is 0 Å². The van der Waals surface area contributed by atoms with E-state index in [1.165, 1.54) is 11.1 Å². The van der Waals surface area contributed by atoms with Crippen LogP contribution in [-0.2, 0) is 6.61 Å². The fourth-order valence-corrected chi connectivity index (χ4v) is 2.55. The molecule has 23 heavy (non-hydrogen) atoms. The highest BCUT2D eigenvalue weighted by molar-refractivity contribution is 5.54. The van der Waals surface area contributed by atoms with E-state index in [2.05, 4.69) is 34.6 Å². The molecule has 5 nitrogen and oxygen atoms in total. The molecule has 5 heteroatoms. The summed E-state index contributed by atoms with van der Waals surface area (Å²) in [6.45, 7) is 4.65. The Morgan fingerprint density at radius 1 is 1.04 bits per heavy atom. The number of rotatable bonds is 5. The van der Waals surface area contributed by atoms with Gasteiger partial charge in [0.1, 0.15) is 12.4 Å². The van der Waals surface area contributed by atoms with Crippen LogP contribution >= 0.6 is 0 Å². The zero-order chi connectivity index (χ0) is 16.2. The number of aryl methyl sites for hydroxylation is 2. The lowest BCUT2D eigenvalue weighted by Crippen LogP contribution is -2.04. The predicted octanol–water partition coefficient (Wildman–Crippen LogP) is 3.50. The smallest absolute Gasteiger partial charge is 0.122 e. The second-order valence-electron chi connectivity index (χ2n) is 5.41. The molecule has 0 unspecified atom stereocenters. The minimum atomic E-state index is 0.531. The van der Waals surface area contributed by atoms with Gasteiger partial charge >= 0.3 is 0 Å². The van der Waals surface area contributed by atoms with Crippen LogP contribution < -0.4 is 10.1 Å². The molecule has 0 spiro atoms. The number of ether oxygens (including phenoxy) is 1. The number of hydrogen-bond acceptors (Lipinski definition) is 4. The van der Waals surface area contributed by atoms with Crippen molar-refractivity contribution in [3.8, 4) is 11.4 Å². The third kappa shape index (κ3) is 3.18. The summed E-state index contributed by atoms with van der Waals surface area (Å²) in [7, 11) is 1.93. The predicted molar refractivity (Wildman–Crippen MR) is 91.2 cm³/mol. The number of aromatic nitrogens is 3. The second kappa shape index (κ2) is 6.52. The fraction of sp³-hybridized carbons (Fsp3) is 0.222. The molecular weight excluding hydrogens is 288 g/mol. The van der Waals surface area contributed by atoms with Gasteiger partial charge in [0.25, 0.3) is 0 Å². The van der Waals surface area contributed by atoms with Crippen LogP contribution in [0.25, 0.3) is 5.69 Å². The summed E-state index contributed by atoms with van der Waals surface area (Å²) in [6.07, 6.45) is 3.33. The third-order valence-electron chi connectivity index (χ3n) is 3.86. The third-order valence-corrected chi connectivity index (χ3v) is 3.86. The van der Waals surface area contributed by atoms with E-state index in [4.69, 9.17) is 4.74 Å². The normalized spacial score (nSPS) is 10.6. The number of anilines is 1. The molecule has 3 rings (SSSR count). The van der Waals surface area contributed by atoms with Gasteiger partial charge in [-0.3, -0.25) is 0 Å². The molecule has 0 aliphatic rings. The molecule has 0 bridgehead atoms. The van der Waals surface area contributed by atoms with Gasteiger partial charge < -0.3 is 10.1 Å². The van der Waals surface area contributed by atoms with Gasteiger partial charge in [0.15, 0.2) is 0 Å². The van der Waals surface area contributed by atoms with E-state index < -0.39 is 0 Å². The molecule has 0 saturated carbocycles. The highest BCUT2D eigenvalue weighted by Gasteiger charge is 2.08. The highest BCUT2D eigenvalue weighted by atomic mass is 16.5. The SMILES string of the molecule is CNc1cccc(C)c1COc1ccc(-n2nccn2)cc1C. The molecule has 0 aliphatic heterocycles. The highest BCUT2D eigenvalue weighted by Crippen LogP contribution is 2.25. The van der Waals surface area contributed by atoms with Crippen LogP contribution in [0.5, 0.6) is 5.75 Å². The zero-order valence-corrected chi connectivity index (χ0v) is 13.6. The summed E-state index contributed by atoms with van der Waals surface area (Å²) >= 11 is 0. The Labute approximate surface area is 135 Å². The first kappa shape index (κ1) is 15.1. The van der Waals surface area contributed by atoms with E-state index in [-0.39, 0.29) is 0 Å². The molecule has 118 valence electrons. The number of benzene rings is 2. The molecule has 0 radical (unpaired) electrons. The quantitative estimate of drug-likeness (QED) is 0.783. The summed E-state index contributed by atoms with van der Waals surface area (Å²) in [4.78, 5) is 1.59. The minimum Gasteiger partial charge on any atom is -0.489 e. The molecule has 1 heterocycles. The first-order chi connectivity index (χ1) is 11.2. The number of nitrogens with zero attached hydrogens (tertiary/aromatic N) is 3. The van der Waals surface area contributed by atoms with Gasteiger partial charge in [-0.05, 0) is 49.2 Å². The van der Waals surface area contributed by atoms with Gasteiger partial charge in [-0.15, -0.1) is 0 Å². The van der Waals surface area contributed by atoms with E-state index in [0.717, 1.165) is 22.7 Å². The van der Waals surface area contributed by atoms with Crippen molar-refractivity contribution in [2.45, 2.75) is 20.5 Å². The first-order valence-electron chi connectivity index (χ1n) is 7.55. The molecule has 2 aromatic carbocycles. The Hall–Kier alpha value is -2.82. The van der Waals surface area contributed by atoms with Crippen molar-refractivity contribution in [2.75, 3.05) is 12.4 Å². The minimum absolute atomic E-state index is 0.531. The van der Waals surface area contributed by atoms with Gasteiger partial charge in [0, 0.05) is 18.3 Å². The largest absolute Gasteiger partial charge is 0.489 e. The molecule has 0 fully saturated rings. The van der Waals surface area contributed by atoms with Gasteiger partial charge in [0.2, 0.25) is 0 Å². The van der Waals surface area contributed by atoms with Crippen molar-refractivity contribution >= 4 is 5.69 Å². The van der Waals surface area contributed by atoms with Crippen LogP contribution in [0.2, 0.25) is 0 Å². The van der Waals surface area contributed by atoms with E-state index in [0.29, 0.717) is 6.61 Å². The molecule has 0 atom stereocenters. The van der Waals surface area contributed by atoms with Crippen LogP contribution in [0, 0.1) is 13.8 Å². The Bertz CT molecular complexity index is 797. The molecule has 0 saturated heterocycles. The van der Waals surface area contributed by atoms with Crippen molar-refractivity contribution < 1.29 is 4.74 Å². The summed E-state index contributed by atoms with van der Waals surface area (Å²) in [5, 5.41) is 11.5. The Balaban J connectivity index is 1.79. The molecular formula is C18H20N4O. The maximum atomic E-state index is 6.03. The standard InChI is InChI=1S/C18H20N4O/c1-13-5-4-6-17(19-3)16(13)12-23-18-8-7-15(11-14(18)2)22-20-9-10-21-22/h4-11,19H,12H2,1-3H3. The average molecular weight is 308 g/mol. The number of hydrogen-bond donors (Lipinski definition) is 1. The van der Waals surface area contributed by atoms with Gasteiger partial charge in [-0.1, -0.05) is 12.1 Å². The lowest BCUT2D eigenvalue weighted by Gasteiger charge is -2.15. The lowest BCUT2D eigenvalue weighted by molar-refractivity contribution is 0.304. The van der Waals surface area contributed by atoms with Crippen LogP contribution in [-0.4, -0.2) is 22.0 Å². The van der Waals surface area contributed by atoms with Gasteiger partial charge in [0.05, 0.1) is 18.1 Å². The molecule has 1 aromatic heterocycles. The van der Waals surface area contributed by atoms with Crippen molar-refractivity contribution in [3.63, 3.8) is 0 Å². The number of nitrogens with one attached hydrogen (secondary N) is 1. The second-order valence-corrected chi connectivity index (χ2v) is 5.41. The monoisotopic (exact) mass is 308 g/mol. The Morgan fingerprint density at radius 2 is 1.83 bits per heavy atom. The molecule has 0 amide bonds. The van der Waals surface area contributed by atoms with Gasteiger partial charge in [-0.2, -0.15) is 15.0 Å². The van der Waals surface area contributed by atoms with Crippen LogP contribution in [0.15, 0.2) is 48.8 Å². The van der Waals surface area contributed by atoms with E-state index >= 15 is 0 Å². The summed E-state index contributed by atoms with van der Waals surface area (Å²) in [6, 6.07) is 12.1.